The molecule has 0 bridgehead atoms. The zero-order valence-corrected chi connectivity index (χ0v) is 46.9. The van der Waals surface area contributed by atoms with Gasteiger partial charge < -0.3 is 30.1 Å². The summed E-state index contributed by atoms with van der Waals surface area (Å²) in [7, 11) is -9.15. The van der Waals surface area contributed by atoms with Crippen molar-refractivity contribution in [1.82, 2.24) is 0 Å². The number of anilines is 1. The average molecular weight is 1150 g/mol. The minimum absolute atomic E-state index is 0. The first-order chi connectivity index (χ1) is 36.2. The number of hydrogen-bond acceptors (Lipinski definition) is 15. The molecule has 0 radical (unpaired) electrons. The third kappa shape index (κ3) is 14.5. The van der Waals surface area contributed by atoms with Crippen molar-refractivity contribution < 1.29 is 55.5 Å². The summed E-state index contributed by atoms with van der Waals surface area (Å²) in [5.74, 6) is -1.34. The van der Waals surface area contributed by atoms with E-state index in [2.05, 4.69) is 30.8 Å². The van der Waals surface area contributed by atoms with E-state index in [0.29, 0.717) is 57.6 Å². The maximum absolute atomic E-state index is 13.4. The largest absolute Gasteiger partial charge is 2.00 e. The Morgan fingerprint density at radius 1 is 0.610 bits per heavy atom. The zero-order chi connectivity index (χ0) is 54.9. The Labute approximate surface area is 483 Å². The molecule has 23 heteroatoms. The van der Waals surface area contributed by atoms with Gasteiger partial charge in [0.05, 0.1) is 41.5 Å². The number of carbonyl (C=O) groups excluding carboxylic acids is 1. The molecule has 1 amide bonds. The van der Waals surface area contributed by atoms with Crippen LogP contribution >= 0.6 is 23.2 Å². The number of nitrogens with zero attached hydrogens (tertiary/aromatic N) is 5. The van der Waals surface area contributed by atoms with Crippen molar-refractivity contribution >= 4 is 149 Å². The number of carbonyl (C=O) groups is 1. The molecule has 0 spiro atoms. The van der Waals surface area contributed by atoms with Gasteiger partial charge in [-0.15, -0.1) is 5.11 Å². The summed E-state index contributed by atoms with van der Waals surface area (Å²) in [5.41, 5.74) is 0.957. The van der Waals surface area contributed by atoms with Crippen molar-refractivity contribution in [3.05, 3.63) is 166 Å². The van der Waals surface area contributed by atoms with Gasteiger partial charge in [-0.25, -0.2) is 0 Å². The van der Waals surface area contributed by atoms with Crippen molar-refractivity contribution in [1.29, 1.82) is 0 Å². The third-order valence-electron chi connectivity index (χ3n) is 11.3. The second kappa shape index (κ2) is 26.1. The van der Waals surface area contributed by atoms with Gasteiger partial charge in [0.2, 0.25) is 0 Å². The number of hydrogen-bond donors (Lipinski definition) is 4. The molecule has 0 aliphatic rings. The van der Waals surface area contributed by atoms with E-state index >= 15 is 0 Å². The molecule has 0 aromatic heterocycles. The van der Waals surface area contributed by atoms with Crippen LogP contribution in [-0.2, 0) is 33.1 Å². The predicted octanol–water partition coefficient (Wildman–Crippen LogP) is 12.3. The second-order valence-electron chi connectivity index (χ2n) is 16.3. The molecule has 8 aromatic rings. The van der Waals surface area contributed by atoms with Crippen LogP contribution in [0.3, 0.4) is 0 Å². The number of nitrogens with one attached hydrogen (secondary N) is 1. The molecular formula is C54H46CaCl2N6O12S2. The van der Waals surface area contributed by atoms with E-state index in [1.807, 2.05) is 13.8 Å². The van der Waals surface area contributed by atoms with Crippen LogP contribution in [0.15, 0.2) is 169 Å². The van der Waals surface area contributed by atoms with E-state index in [0.717, 1.165) is 12.1 Å². The molecule has 0 aliphatic carbocycles. The van der Waals surface area contributed by atoms with Crippen LogP contribution in [0.2, 0.25) is 10.0 Å². The van der Waals surface area contributed by atoms with Crippen molar-refractivity contribution in [2.45, 2.75) is 50.3 Å². The van der Waals surface area contributed by atoms with Gasteiger partial charge in [0.15, 0.2) is 5.75 Å². The number of aliphatic imine (C=N–C) groups is 1. The maximum atomic E-state index is 13.4. The molecule has 77 heavy (non-hydrogen) atoms. The minimum atomic E-state index is -4.58. The predicted molar refractivity (Wildman–Crippen MR) is 294 cm³/mol. The van der Waals surface area contributed by atoms with Crippen molar-refractivity contribution in [3.8, 4) is 23.0 Å². The Kier molecular flexibility index (Phi) is 20.2. The summed E-state index contributed by atoms with van der Waals surface area (Å²) in [6.07, 6.45) is 0.389. The number of halogens is 2. The summed E-state index contributed by atoms with van der Waals surface area (Å²) in [5, 5.41) is 59.2. The molecule has 0 fully saturated rings. The Bertz CT molecular complexity index is 3860. The molecule has 18 nitrogen and oxygen atoms in total. The summed E-state index contributed by atoms with van der Waals surface area (Å²) in [6, 6.07) is 35.3. The van der Waals surface area contributed by atoms with E-state index in [-0.39, 0.29) is 111 Å². The van der Waals surface area contributed by atoms with Crippen LogP contribution in [0.25, 0.3) is 21.5 Å². The van der Waals surface area contributed by atoms with E-state index < -0.39 is 48.4 Å². The zero-order valence-electron chi connectivity index (χ0n) is 41.6. The van der Waals surface area contributed by atoms with Crippen LogP contribution in [0, 0.1) is 0 Å². The summed E-state index contributed by atoms with van der Waals surface area (Å²) in [6.45, 7) is 7.96. The molecule has 8 aromatic carbocycles. The fourth-order valence-corrected chi connectivity index (χ4v) is 10.2. The van der Waals surface area contributed by atoms with Crippen LogP contribution in [0.1, 0.15) is 54.7 Å². The molecule has 0 saturated heterocycles. The second-order valence-corrected chi connectivity index (χ2v) is 19.9. The van der Waals surface area contributed by atoms with Gasteiger partial charge in [0, 0.05) is 49.8 Å². The Morgan fingerprint density at radius 2 is 1.09 bits per heavy atom. The third-order valence-corrected chi connectivity index (χ3v) is 13.6. The molecule has 0 aliphatic heterocycles. The first-order valence-electron chi connectivity index (χ1n) is 23.2. The van der Waals surface area contributed by atoms with Gasteiger partial charge in [-0.05, 0) is 110 Å². The van der Waals surface area contributed by atoms with Crippen molar-refractivity contribution in [2.24, 2.45) is 25.4 Å². The Morgan fingerprint density at radius 3 is 1.61 bits per heavy atom. The minimum Gasteiger partial charge on any atom is -0.871 e. The van der Waals surface area contributed by atoms with E-state index in [1.165, 1.54) is 18.2 Å². The van der Waals surface area contributed by atoms with E-state index in [4.69, 9.17) is 32.7 Å². The topological polar surface area (TPSA) is 284 Å². The van der Waals surface area contributed by atoms with Gasteiger partial charge in [-0.1, -0.05) is 103 Å². The van der Waals surface area contributed by atoms with Crippen LogP contribution in [0.4, 0.5) is 34.1 Å². The Hall–Kier alpha value is -6.72. The van der Waals surface area contributed by atoms with Crippen LogP contribution in [0.5, 0.6) is 23.0 Å². The molecule has 0 saturated carbocycles. The van der Waals surface area contributed by atoms with Crippen molar-refractivity contribution in [3.63, 3.8) is 0 Å². The smallest absolute Gasteiger partial charge is 0.871 e. The van der Waals surface area contributed by atoms with E-state index in [1.54, 1.807) is 117 Å². The molecule has 392 valence electrons. The van der Waals surface area contributed by atoms with Gasteiger partial charge in [0.1, 0.15) is 27.0 Å². The van der Waals surface area contributed by atoms with Gasteiger partial charge in [-0.2, -0.15) is 32.2 Å². The molecule has 8 rings (SSSR count). The monoisotopic (exact) mass is 1140 g/mol. The first-order valence-corrected chi connectivity index (χ1v) is 26.8. The van der Waals surface area contributed by atoms with Crippen LogP contribution < -0.4 is 25.0 Å². The number of fused-ring (bicyclic) bond motifs is 2. The van der Waals surface area contributed by atoms with Gasteiger partial charge in [0.25, 0.3) is 26.1 Å². The van der Waals surface area contributed by atoms with Crippen LogP contribution in [-0.4, -0.2) is 93.8 Å². The Balaban J connectivity index is 0.000000246. The molecule has 0 unspecified atom stereocenters. The number of benzene rings is 8. The molecular weight excluding hydrogens is 1100 g/mol. The molecule has 0 atom stereocenters. The molecule has 0 heterocycles. The maximum Gasteiger partial charge on any atom is 2.00 e. The van der Waals surface area contributed by atoms with Gasteiger partial charge >= 0.3 is 37.7 Å². The number of ether oxygens (including phenoxy) is 2. The normalized spacial score (nSPS) is 11.9. The average Bonchev–Trinajstić information content (AvgIpc) is 3.37. The number of amides is 1. The fraction of sp³-hybridized carbons (Fsp3) is 0.148. The number of azo groups is 2. The van der Waals surface area contributed by atoms with E-state index in [9.17, 15) is 46.1 Å². The summed E-state index contributed by atoms with van der Waals surface area (Å²) < 4.78 is 77.7. The number of aromatic hydroxyl groups is 1. The van der Waals surface area contributed by atoms with Gasteiger partial charge in [-0.3, -0.25) is 18.9 Å². The first kappa shape index (κ1) is 59.5. The SMILES string of the molecule is CCOc1cccc(N=C([O-])c2cc3ccccc3c(N=Nc3cc(Cl)cc(S(=O)(=O)O)c3CC)c2[O-])c1.CCOc1cccc(NC(=O)c2cc3ccccc3c(N=Nc3cc(Cl)cc(S(=O)(=O)O)c3CC)c2O)c1.[Ca+2]. The molecule has 4 N–H and O–H groups in total. The number of rotatable bonds is 16. The quantitative estimate of drug-likeness (QED) is 0.0231. The standard InChI is InChI=1S/2C27H24ClN3O6S.Ca/c2*1-3-20-23(13-17(28)14-24(20)38(34,35)36)30-31-25-21-11-6-5-8-16(21)12-22(26(25)32)27(33)29-18-9-7-10-19(15-18)37-4-2;/h2*5-15,32H,3-4H2,1-2H3,(H,29,33)(H,34,35,36);/q;;+2/p-2. The summed E-state index contributed by atoms with van der Waals surface area (Å²) >= 11 is 12.1. The number of phenols is 1. The fourth-order valence-electron chi connectivity index (χ4n) is 7.93. The summed E-state index contributed by atoms with van der Waals surface area (Å²) in [4.78, 5) is 16.5. The van der Waals surface area contributed by atoms with Crippen molar-refractivity contribution in [2.75, 3.05) is 18.5 Å². The number of phenolic OH excluding ortho intramolecular Hbond substituents is 1.